The molecule has 6 heteroatoms. The van der Waals surface area contributed by atoms with Crippen LogP contribution in [0.2, 0.25) is 0 Å². The summed E-state index contributed by atoms with van der Waals surface area (Å²) < 4.78 is 12.6. The van der Waals surface area contributed by atoms with Crippen molar-refractivity contribution in [1.29, 1.82) is 0 Å². The molecule has 3 aromatic carbocycles. The molecule has 0 bridgehead atoms. The van der Waals surface area contributed by atoms with Gasteiger partial charge in [-0.1, -0.05) is 54.1 Å². The average molecular weight is 424 g/mol. The zero-order valence-corrected chi connectivity index (χ0v) is 17.7. The Bertz CT molecular complexity index is 1560. The summed E-state index contributed by atoms with van der Waals surface area (Å²) in [5.74, 6) is 1.17. The predicted molar refractivity (Wildman–Crippen MR) is 124 cm³/mol. The number of rotatable bonds is 4. The summed E-state index contributed by atoms with van der Waals surface area (Å²) in [6.07, 6.45) is 0. The van der Waals surface area contributed by atoms with E-state index < -0.39 is 5.56 Å². The Kier molecular flexibility index (Phi) is 4.82. The van der Waals surface area contributed by atoms with E-state index in [1.165, 1.54) is 4.57 Å². The first kappa shape index (κ1) is 19.8. The molecule has 0 aliphatic heterocycles. The summed E-state index contributed by atoms with van der Waals surface area (Å²) >= 11 is 0. The minimum absolute atomic E-state index is 0.0419. The highest BCUT2D eigenvalue weighted by Crippen LogP contribution is 2.22. The van der Waals surface area contributed by atoms with Crippen molar-refractivity contribution in [2.75, 3.05) is 7.11 Å². The summed E-state index contributed by atoms with van der Waals surface area (Å²) in [4.78, 5) is 31.4. The number of hydrogen-bond donors (Lipinski definition) is 0. The monoisotopic (exact) mass is 424 g/mol. The van der Waals surface area contributed by atoms with Gasteiger partial charge in [0.15, 0.2) is 5.39 Å². The van der Waals surface area contributed by atoms with Gasteiger partial charge in [0, 0.05) is 5.56 Å². The van der Waals surface area contributed by atoms with Crippen LogP contribution in [0, 0.1) is 6.92 Å². The van der Waals surface area contributed by atoms with E-state index in [2.05, 4.69) is 4.98 Å². The van der Waals surface area contributed by atoms with E-state index in [1.54, 1.807) is 31.4 Å². The van der Waals surface area contributed by atoms with Gasteiger partial charge >= 0.3 is 0 Å². The molecule has 5 rings (SSSR count). The Labute approximate surface area is 183 Å². The van der Waals surface area contributed by atoms with Crippen molar-refractivity contribution in [2.45, 2.75) is 13.5 Å². The van der Waals surface area contributed by atoms with Gasteiger partial charge in [-0.2, -0.15) is 4.98 Å². The highest BCUT2D eigenvalue weighted by atomic mass is 16.5. The maximum Gasteiger partial charge on any atom is 0.269 e. The van der Waals surface area contributed by atoms with Gasteiger partial charge in [-0.25, -0.2) is 0 Å². The molecule has 0 aliphatic carbocycles. The SMILES string of the molecule is COc1ccc(Cn2c(-c3ccc(C)cc3)nc3oc4ccccc4c(=O)c3c2=O)cc1. The number of aryl methyl sites for hydroxylation is 1. The number of para-hydroxylation sites is 1. The number of benzene rings is 3. The molecule has 0 amide bonds. The molecule has 0 radical (unpaired) electrons. The molecular weight excluding hydrogens is 404 g/mol. The fourth-order valence-corrected chi connectivity index (χ4v) is 3.77. The maximum atomic E-state index is 13.6. The molecule has 158 valence electrons. The van der Waals surface area contributed by atoms with Crippen LogP contribution in [-0.2, 0) is 6.54 Å². The zero-order valence-electron chi connectivity index (χ0n) is 17.7. The summed E-state index contributed by atoms with van der Waals surface area (Å²) in [5.41, 5.74) is 2.38. The quantitative estimate of drug-likeness (QED) is 0.396. The van der Waals surface area contributed by atoms with Crippen LogP contribution in [-0.4, -0.2) is 16.7 Å². The molecule has 0 atom stereocenters. The van der Waals surface area contributed by atoms with Gasteiger partial charge in [-0.15, -0.1) is 0 Å². The van der Waals surface area contributed by atoms with Crippen molar-refractivity contribution in [3.05, 3.63) is 105 Å². The standard InChI is InChI=1S/C26H20N2O4/c1-16-7-11-18(12-8-16)24-27-25-22(23(29)20-5-3-4-6-21(20)32-25)26(30)28(24)15-17-9-13-19(31-2)14-10-17/h3-14H,15H2,1-2H3. The minimum Gasteiger partial charge on any atom is -0.497 e. The largest absolute Gasteiger partial charge is 0.497 e. The first-order valence-corrected chi connectivity index (χ1v) is 10.2. The number of hydrogen-bond acceptors (Lipinski definition) is 5. The molecule has 0 N–H and O–H groups in total. The molecule has 0 spiro atoms. The number of ether oxygens (including phenoxy) is 1. The Balaban J connectivity index is 1.80. The Hall–Kier alpha value is -4.19. The minimum atomic E-state index is -0.430. The molecule has 0 saturated heterocycles. The van der Waals surface area contributed by atoms with E-state index >= 15 is 0 Å². The maximum absolute atomic E-state index is 13.6. The lowest BCUT2D eigenvalue weighted by Gasteiger charge is -2.14. The van der Waals surface area contributed by atoms with Crippen LogP contribution in [0.1, 0.15) is 11.1 Å². The van der Waals surface area contributed by atoms with Gasteiger partial charge in [0.1, 0.15) is 17.2 Å². The molecule has 0 aliphatic rings. The lowest BCUT2D eigenvalue weighted by atomic mass is 10.1. The van der Waals surface area contributed by atoms with Crippen molar-refractivity contribution < 1.29 is 9.15 Å². The smallest absolute Gasteiger partial charge is 0.269 e. The molecule has 0 fully saturated rings. The summed E-state index contributed by atoms with van der Waals surface area (Å²) in [6, 6.07) is 22.1. The van der Waals surface area contributed by atoms with Gasteiger partial charge in [0.05, 0.1) is 19.0 Å². The summed E-state index contributed by atoms with van der Waals surface area (Å²) in [6.45, 7) is 2.24. The van der Waals surface area contributed by atoms with Crippen LogP contribution < -0.4 is 15.7 Å². The molecule has 6 nitrogen and oxygen atoms in total. The second-order valence-corrected chi connectivity index (χ2v) is 7.65. The fraction of sp³-hybridized carbons (Fsp3) is 0.115. The molecule has 5 aromatic rings. The van der Waals surface area contributed by atoms with Crippen LogP contribution >= 0.6 is 0 Å². The molecule has 2 heterocycles. The highest BCUT2D eigenvalue weighted by molar-refractivity contribution is 5.88. The second-order valence-electron chi connectivity index (χ2n) is 7.65. The Morgan fingerprint density at radius 3 is 2.38 bits per heavy atom. The van der Waals surface area contributed by atoms with Crippen molar-refractivity contribution in [1.82, 2.24) is 9.55 Å². The lowest BCUT2D eigenvalue weighted by Crippen LogP contribution is -2.28. The van der Waals surface area contributed by atoms with E-state index in [9.17, 15) is 9.59 Å². The van der Waals surface area contributed by atoms with Crippen molar-refractivity contribution in [3.63, 3.8) is 0 Å². The third-order valence-electron chi connectivity index (χ3n) is 5.51. The van der Waals surface area contributed by atoms with Gasteiger partial charge in [-0.3, -0.25) is 14.2 Å². The van der Waals surface area contributed by atoms with Crippen LogP contribution in [0.4, 0.5) is 0 Å². The fourth-order valence-electron chi connectivity index (χ4n) is 3.77. The van der Waals surface area contributed by atoms with Crippen LogP contribution in [0.3, 0.4) is 0 Å². The third-order valence-corrected chi connectivity index (χ3v) is 5.51. The van der Waals surface area contributed by atoms with Crippen molar-refractivity contribution in [2.24, 2.45) is 0 Å². The normalized spacial score (nSPS) is 11.2. The number of methoxy groups -OCH3 is 1. The van der Waals surface area contributed by atoms with Gasteiger partial charge in [-0.05, 0) is 36.8 Å². The Morgan fingerprint density at radius 2 is 1.66 bits per heavy atom. The van der Waals surface area contributed by atoms with Crippen LogP contribution in [0.15, 0.2) is 86.8 Å². The van der Waals surface area contributed by atoms with Gasteiger partial charge in [0.2, 0.25) is 11.1 Å². The molecule has 32 heavy (non-hydrogen) atoms. The average Bonchev–Trinajstić information content (AvgIpc) is 2.82. The lowest BCUT2D eigenvalue weighted by molar-refractivity contribution is 0.414. The highest BCUT2D eigenvalue weighted by Gasteiger charge is 2.19. The van der Waals surface area contributed by atoms with Gasteiger partial charge < -0.3 is 9.15 Å². The van der Waals surface area contributed by atoms with Crippen LogP contribution in [0.5, 0.6) is 5.75 Å². The number of fused-ring (bicyclic) bond motifs is 2. The molecule has 0 saturated carbocycles. The summed E-state index contributed by atoms with van der Waals surface area (Å²) in [7, 11) is 1.60. The van der Waals surface area contributed by atoms with E-state index in [4.69, 9.17) is 9.15 Å². The first-order chi connectivity index (χ1) is 15.5. The third kappa shape index (κ3) is 3.36. The zero-order chi connectivity index (χ0) is 22.2. The van der Waals surface area contributed by atoms with Crippen molar-refractivity contribution >= 4 is 22.1 Å². The predicted octanol–water partition coefficient (Wildman–Crippen LogP) is 4.54. The molecular formula is C26H20N2O4. The Morgan fingerprint density at radius 1 is 0.938 bits per heavy atom. The van der Waals surface area contributed by atoms with Crippen LogP contribution in [0.25, 0.3) is 33.5 Å². The first-order valence-electron chi connectivity index (χ1n) is 10.2. The van der Waals surface area contributed by atoms with E-state index in [-0.39, 0.29) is 23.1 Å². The van der Waals surface area contributed by atoms with E-state index in [1.807, 2.05) is 55.5 Å². The molecule has 2 aromatic heterocycles. The van der Waals surface area contributed by atoms with Gasteiger partial charge in [0.25, 0.3) is 5.56 Å². The summed E-state index contributed by atoms with van der Waals surface area (Å²) in [5, 5.41) is 0.311. The number of aromatic nitrogens is 2. The number of nitrogens with zero attached hydrogens (tertiary/aromatic N) is 2. The van der Waals surface area contributed by atoms with E-state index in [0.29, 0.717) is 16.8 Å². The topological polar surface area (TPSA) is 74.3 Å². The molecule has 0 unspecified atom stereocenters. The van der Waals surface area contributed by atoms with E-state index in [0.717, 1.165) is 22.4 Å². The van der Waals surface area contributed by atoms with Crippen molar-refractivity contribution in [3.8, 4) is 17.1 Å². The second kappa shape index (κ2) is 7.81.